The summed E-state index contributed by atoms with van der Waals surface area (Å²) in [6.07, 6.45) is 0.205. The number of amides is 4. The first kappa shape index (κ1) is 13.4. The molecular weight excluding hydrogens is 276 g/mol. The fourth-order valence-electron chi connectivity index (χ4n) is 2.29. The highest BCUT2D eigenvalue weighted by Crippen LogP contribution is 2.30. The monoisotopic (exact) mass is 290 g/mol. The molecule has 7 heteroatoms. The van der Waals surface area contributed by atoms with E-state index in [-0.39, 0.29) is 13.0 Å². The molecule has 0 unspecified atom stereocenters. The van der Waals surface area contributed by atoms with Gasteiger partial charge in [-0.2, -0.15) is 0 Å². The molecule has 0 radical (unpaired) electrons. The second-order valence-electron chi connectivity index (χ2n) is 4.80. The Morgan fingerprint density at radius 3 is 2.62 bits per heavy atom. The molecule has 1 N–H and O–H groups in total. The maximum Gasteiger partial charge on any atom is 0.330 e. The summed E-state index contributed by atoms with van der Waals surface area (Å²) in [7, 11) is 0. The van der Waals surface area contributed by atoms with E-state index in [1.807, 2.05) is 18.2 Å². The third kappa shape index (κ3) is 2.81. The van der Waals surface area contributed by atoms with Crippen molar-refractivity contribution in [1.29, 1.82) is 0 Å². The van der Waals surface area contributed by atoms with Crippen LogP contribution < -0.4 is 14.8 Å². The SMILES string of the molecule is O=C1CC(=O)N(CCc2ccc3c(c2)OCCO3)C(=O)N1. The molecule has 2 aliphatic heterocycles. The Morgan fingerprint density at radius 1 is 1.10 bits per heavy atom. The molecule has 3 rings (SSSR count). The topological polar surface area (TPSA) is 84.9 Å². The van der Waals surface area contributed by atoms with Crippen LogP contribution in [-0.4, -0.2) is 42.5 Å². The first-order valence-electron chi connectivity index (χ1n) is 6.66. The van der Waals surface area contributed by atoms with E-state index >= 15 is 0 Å². The van der Waals surface area contributed by atoms with Crippen LogP contribution in [0.5, 0.6) is 11.5 Å². The van der Waals surface area contributed by atoms with Gasteiger partial charge < -0.3 is 9.47 Å². The van der Waals surface area contributed by atoms with Crippen molar-refractivity contribution < 1.29 is 23.9 Å². The third-order valence-electron chi connectivity index (χ3n) is 3.34. The van der Waals surface area contributed by atoms with Crippen molar-refractivity contribution in [1.82, 2.24) is 10.2 Å². The van der Waals surface area contributed by atoms with E-state index in [9.17, 15) is 14.4 Å². The Labute approximate surface area is 120 Å². The molecule has 7 nitrogen and oxygen atoms in total. The minimum atomic E-state index is -0.659. The van der Waals surface area contributed by atoms with Crippen molar-refractivity contribution in [3.63, 3.8) is 0 Å². The van der Waals surface area contributed by atoms with Crippen molar-refractivity contribution in [2.45, 2.75) is 12.8 Å². The van der Waals surface area contributed by atoms with Gasteiger partial charge in [-0.25, -0.2) is 4.79 Å². The van der Waals surface area contributed by atoms with E-state index in [0.717, 1.165) is 10.5 Å². The average Bonchev–Trinajstić information content (AvgIpc) is 2.46. The van der Waals surface area contributed by atoms with Gasteiger partial charge >= 0.3 is 6.03 Å². The lowest BCUT2D eigenvalue weighted by atomic mass is 10.1. The number of hydrogen-bond acceptors (Lipinski definition) is 5. The molecule has 4 amide bonds. The summed E-state index contributed by atoms with van der Waals surface area (Å²) in [6, 6.07) is 4.86. The number of imide groups is 2. The van der Waals surface area contributed by atoms with E-state index in [0.29, 0.717) is 31.1 Å². The van der Waals surface area contributed by atoms with Crippen LogP contribution in [0.3, 0.4) is 0 Å². The molecule has 0 bridgehead atoms. The van der Waals surface area contributed by atoms with Crippen molar-refractivity contribution in [3.8, 4) is 11.5 Å². The normalized spacial score (nSPS) is 17.7. The molecule has 0 aromatic heterocycles. The van der Waals surface area contributed by atoms with Gasteiger partial charge in [0.2, 0.25) is 11.8 Å². The lowest BCUT2D eigenvalue weighted by molar-refractivity contribution is -0.136. The predicted molar refractivity (Wildman–Crippen MR) is 71.0 cm³/mol. The highest BCUT2D eigenvalue weighted by molar-refractivity contribution is 6.14. The molecule has 0 saturated carbocycles. The lowest BCUT2D eigenvalue weighted by Crippen LogP contribution is -2.53. The number of hydrogen-bond donors (Lipinski definition) is 1. The summed E-state index contributed by atoms with van der Waals surface area (Å²) in [5.74, 6) is 0.340. The number of fused-ring (bicyclic) bond motifs is 1. The zero-order chi connectivity index (χ0) is 14.8. The molecule has 1 aromatic carbocycles. The number of nitrogens with one attached hydrogen (secondary N) is 1. The summed E-state index contributed by atoms with van der Waals surface area (Å²) in [5.41, 5.74) is 0.928. The minimum Gasteiger partial charge on any atom is -0.486 e. The molecule has 0 aliphatic carbocycles. The van der Waals surface area contributed by atoms with Gasteiger partial charge in [0.15, 0.2) is 11.5 Å². The molecule has 0 spiro atoms. The van der Waals surface area contributed by atoms with Crippen molar-refractivity contribution in [3.05, 3.63) is 23.8 Å². The number of benzene rings is 1. The Bertz CT molecular complexity index is 593. The molecule has 1 saturated heterocycles. The van der Waals surface area contributed by atoms with E-state index in [2.05, 4.69) is 5.32 Å². The minimum absolute atomic E-state index is 0.220. The molecular formula is C14H14N2O5. The molecule has 0 atom stereocenters. The Morgan fingerprint density at radius 2 is 1.86 bits per heavy atom. The molecule has 2 aliphatic rings. The molecule has 2 heterocycles. The fraction of sp³-hybridized carbons (Fsp3) is 0.357. The molecule has 1 aromatic rings. The standard InChI is InChI=1S/C14H14N2O5/c17-12-8-13(18)16(14(19)15-12)4-3-9-1-2-10-11(7-9)21-6-5-20-10/h1-2,7H,3-6,8H2,(H,15,17,19). The van der Waals surface area contributed by atoms with Crippen LogP contribution in [0, 0.1) is 0 Å². The van der Waals surface area contributed by atoms with Gasteiger partial charge in [0.05, 0.1) is 0 Å². The maximum absolute atomic E-state index is 11.7. The largest absolute Gasteiger partial charge is 0.486 e. The van der Waals surface area contributed by atoms with Crippen LogP contribution >= 0.6 is 0 Å². The zero-order valence-electron chi connectivity index (χ0n) is 11.3. The highest BCUT2D eigenvalue weighted by Gasteiger charge is 2.30. The lowest BCUT2D eigenvalue weighted by Gasteiger charge is -2.25. The quantitative estimate of drug-likeness (QED) is 0.818. The Hall–Kier alpha value is -2.57. The number of ether oxygens (including phenoxy) is 2. The zero-order valence-corrected chi connectivity index (χ0v) is 11.3. The van der Waals surface area contributed by atoms with Crippen LogP contribution in [0.15, 0.2) is 18.2 Å². The number of barbiturate groups is 1. The Balaban J connectivity index is 1.66. The molecule has 1 fully saturated rings. The molecule has 110 valence electrons. The van der Waals surface area contributed by atoms with Gasteiger partial charge in [-0.3, -0.25) is 19.8 Å². The third-order valence-corrected chi connectivity index (χ3v) is 3.34. The first-order valence-corrected chi connectivity index (χ1v) is 6.66. The summed E-state index contributed by atoms with van der Waals surface area (Å²) < 4.78 is 10.9. The smallest absolute Gasteiger partial charge is 0.330 e. The second kappa shape index (κ2) is 5.43. The average molecular weight is 290 g/mol. The number of nitrogens with zero attached hydrogens (tertiary/aromatic N) is 1. The summed E-state index contributed by atoms with van der Waals surface area (Å²) in [6.45, 7) is 1.26. The van der Waals surface area contributed by atoms with Crippen LogP contribution in [0.25, 0.3) is 0 Å². The number of rotatable bonds is 3. The van der Waals surface area contributed by atoms with Gasteiger partial charge in [-0.05, 0) is 24.1 Å². The highest BCUT2D eigenvalue weighted by atomic mass is 16.6. The summed E-state index contributed by atoms with van der Waals surface area (Å²) in [4.78, 5) is 35.4. The van der Waals surface area contributed by atoms with Crippen molar-refractivity contribution >= 4 is 17.8 Å². The van der Waals surface area contributed by atoms with Gasteiger partial charge in [0.1, 0.15) is 19.6 Å². The van der Waals surface area contributed by atoms with Crippen LogP contribution in [-0.2, 0) is 16.0 Å². The summed E-state index contributed by atoms with van der Waals surface area (Å²) in [5, 5.41) is 2.13. The van der Waals surface area contributed by atoms with Gasteiger partial charge in [0.25, 0.3) is 0 Å². The van der Waals surface area contributed by atoms with Crippen LogP contribution in [0.1, 0.15) is 12.0 Å². The molecule has 21 heavy (non-hydrogen) atoms. The number of carbonyl (C=O) groups is 3. The summed E-state index contributed by atoms with van der Waals surface area (Å²) >= 11 is 0. The van der Waals surface area contributed by atoms with E-state index < -0.39 is 17.8 Å². The fourth-order valence-corrected chi connectivity index (χ4v) is 2.29. The number of urea groups is 1. The van der Waals surface area contributed by atoms with E-state index in [1.54, 1.807) is 0 Å². The Kier molecular flexibility index (Phi) is 3.47. The van der Waals surface area contributed by atoms with Crippen LogP contribution in [0.2, 0.25) is 0 Å². The van der Waals surface area contributed by atoms with Gasteiger partial charge in [-0.1, -0.05) is 6.07 Å². The predicted octanol–water partition coefficient (Wildman–Crippen LogP) is 0.469. The van der Waals surface area contributed by atoms with Crippen molar-refractivity contribution in [2.24, 2.45) is 0 Å². The van der Waals surface area contributed by atoms with Crippen LogP contribution in [0.4, 0.5) is 4.79 Å². The number of carbonyl (C=O) groups excluding carboxylic acids is 3. The van der Waals surface area contributed by atoms with E-state index in [1.165, 1.54) is 0 Å². The van der Waals surface area contributed by atoms with Gasteiger partial charge in [-0.15, -0.1) is 0 Å². The second-order valence-corrected chi connectivity index (χ2v) is 4.80. The van der Waals surface area contributed by atoms with Crippen molar-refractivity contribution in [2.75, 3.05) is 19.8 Å². The maximum atomic E-state index is 11.7. The van der Waals surface area contributed by atoms with Gasteiger partial charge in [0, 0.05) is 6.54 Å². The first-order chi connectivity index (χ1) is 10.1. The van der Waals surface area contributed by atoms with E-state index in [4.69, 9.17) is 9.47 Å².